The van der Waals surface area contributed by atoms with Crippen molar-refractivity contribution in [2.75, 3.05) is 12.3 Å². The number of nitrogens with one attached hydrogen (secondary N) is 1. The molecule has 0 unspecified atom stereocenters. The van der Waals surface area contributed by atoms with Crippen molar-refractivity contribution in [2.24, 2.45) is 5.92 Å². The Bertz CT molecular complexity index is 561. The molecule has 5 heteroatoms. The lowest BCUT2D eigenvalue weighted by Gasteiger charge is -2.16. The first-order chi connectivity index (χ1) is 9.65. The van der Waals surface area contributed by atoms with Gasteiger partial charge in [-0.3, -0.25) is 5.10 Å². The fourth-order valence-corrected chi connectivity index (χ4v) is 2.53. The second-order valence-corrected chi connectivity index (χ2v) is 5.19. The zero-order chi connectivity index (χ0) is 14.5. The Morgan fingerprint density at radius 2 is 2.00 bits per heavy atom. The number of anilines is 1. The minimum atomic E-state index is -0.397. The molecule has 0 aliphatic heterocycles. The maximum absolute atomic E-state index is 13.9. The number of nitrogen functional groups attached to an aromatic ring is 1. The summed E-state index contributed by atoms with van der Waals surface area (Å²) in [5, 5.41) is 6.85. The molecule has 0 saturated carbocycles. The van der Waals surface area contributed by atoms with Crippen LogP contribution in [0.1, 0.15) is 39.5 Å². The Labute approximate surface area is 118 Å². The van der Waals surface area contributed by atoms with Gasteiger partial charge in [-0.1, -0.05) is 26.7 Å². The molecule has 0 aliphatic carbocycles. The van der Waals surface area contributed by atoms with Gasteiger partial charge in [-0.15, -0.1) is 0 Å². The van der Waals surface area contributed by atoms with E-state index in [1.165, 1.54) is 6.07 Å². The molecule has 0 bridgehead atoms. The number of benzene rings is 1. The minimum Gasteiger partial charge on any atom is -0.493 e. The first kappa shape index (κ1) is 14.6. The molecule has 0 radical (unpaired) electrons. The van der Waals surface area contributed by atoms with Gasteiger partial charge in [0.1, 0.15) is 11.6 Å². The fourth-order valence-electron chi connectivity index (χ4n) is 2.53. The summed E-state index contributed by atoms with van der Waals surface area (Å²) in [5.74, 6) is 0.830. The molecule has 0 atom stereocenters. The molecular formula is C15H22FN3O. The van der Waals surface area contributed by atoms with Gasteiger partial charge in [-0.25, -0.2) is 4.39 Å². The van der Waals surface area contributed by atoms with Crippen LogP contribution in [0.25, 0.3) is 10.9 Å². The quantitative estimate of drug-likeness (QED) is 0.808. The molecule has 1 aromatic heterocycles. The van der Waals surface area contributed by atoms with Gasteiger partial charge in [0.2, 0.25) is 0 Å². The molecule has 1 aromatic carbocycles. The molecule has 20 heavy (non-hydrogen) atoms. The molecule has 0 spiro atoms. The van der Waals surface area contributed by atoms with Crippen molar-refractivity contribution in [3.05, 3.63) is 17.9 Å². The third kappa shape index (κ3) is 3.21. The Hall–Kier alpha value is -1.78. The summed E-state index contributed by atoms with van der Waals surface area (Å²) in [6.07, 6.45) is 4.54. The van der Waals surface area contributed by atoms with Crippen LogP contribution in [0.5, 0.6) is 5.75 Å². The predicted octanol–water partition coefficient (Wildman–Crippen LogP) is 3.88. The summed E-state index contributed by atoms with van der Waals surface area (Å²) in [6, 6.07) is 3.12. The van der Waals surface area contributed by atoms with Crippen molar-refractivity contribution in [1.82, 2.24) is 10.2 Å². The lowest BCUT2D eigenvalue weighted by atomic mass is 9.99. The average molecular weight is 279 g/mol. The van der Waals surface area contributed by atoms with Crippen LogP contribution in [-0.4, -0.2) is 16.8 Å². The van der Waals surface area contributed by atoms with Crippen molar-refractivity contribution in [3.63, 3.8) is 0 Å². The van der Waals surface area contributed by atoms with Crippen LogP contribution in [0.15, 0.2) is 12.1 Å². The van der Waals surface area contributed by atoms with Gasteiger partial charge >= 0.3 is 0 Å². The van der Waals surface area contributed by atoms with Gasteiger partial charge in [0.15, 0.2) is 5.82 Å². The fraction of sp³-hybridized carbons (Fsp3) is 0.533. The number of aromatic nitrogens is 2. The normalized spacial score (nSPS) is 11.4. The number of nitrogens with zero attached hydrogens (tertiary/aromatic N) is 1. The van der Waals surface area contributed by atoms with Crippen LogP contribution in [-0.2, 0) is 0 Å². The van der Waals surface area contributed by atoms with Gasteiger partial charge in [0, 0.05) is 12.1 Å². The smallest absolute Gasteiger partial charge is 0.156 e. The largest absolute Gasteiger partial charge is 0.493 e. The molecule has 1 heterocycles. The number of fused-ring (bicyclic) bond motifs is 1. The van der Waals surface area contributed by atoms with E-state index in [-0.39, 0.29) is 5.82 Å². The third-order valence-corrected chi connectivity index (χ3v) is 3.50. The number of hydrogen-bond acceptors (Lipinski definition) is 3. The Kier molecular flexibility index (Phi) is 4.82. The van der Waals surface area contributed by atoms with Gasteiger partial charge in [-0.2, -0.15) is 5.10 Å². The van der Waals surface area contributed by atoms with Crippen molar-refractivity contribution in [1.29, 1.82) is 0 Å². The molecule has 2 aromatic rings. The van der Waals surface area contributed by atoms with Crippen LogP contribution in [0.4, 0.5) is 10.2 Å². The second-order valence-electron chi connectivity index (χ2n) is 5.19. The number of aromatic amines is 1. The van der Waals surface area contributed by atoms with Gasteiger partial charge < -0.3 is 10.5 Å². The highest BCUT2D eigenvalue weighted by Gasteiger charge is 2.12. The SMILES string of the molecule is CCCC(CCC)COc1cc(F)c2c(N)n[nH]c2c1. The van der Waals surface area contributed by atoms with E-state index in [2.05, 4.69) is 24.0 Å². The molecule has 3 N–H and O–H groups in total. The number of rotatable bonds is 7. The predicted molar refractivity (Wildman–Crippen MR) is 79.3 cm³/mol. The van der Waals surface area contributed by atoms with Gasteiger partial charge in [0.05, 0.1) is 17.5 Å². The summed E-state index contributed by atoms with van der Waals surface area (Å²) in [7, 11) is 0. The Morgan fingerprint density at radius 1 is 1.30 bits per heavy atom. The van der Waals surface area contributed by atoms with Gasteiger partial charge in [-0.05, 0) is 18.8 Å². The topological polar surface area (TPSA) is 63.9 Å². The molecule has 2 rings (SSSR count). The van der Waals surface area contributed by atoms with E-state index < -0.39 is 5.82 Å². The number of nitrogens with two attached hydrogens (primary N) is 1. The number of ether oxygens (including phenoxy) is 1. The zero-order valence-electron chi connectivity index (χ0n) is 12.1. The van der Waals surface area contributed by atoms with E-state index in [1.807, 2.05) is 0 Å². The van der Waals surface area contributed by atoms with Crippen LogP contribution in [0.3, 0.4) is 0 Å². The summed E-state index contributed by atoms with van der Waals surface area (Å²) in [6.45, 7) is 4.96. The highest BCUT2D eigenvalue weighted by Crippen LogP contribution is 2.27. The van der Waals surface area contributed by atoms with E-state index in [0.29, 0.717) is 29.2 Å². The van der Waals surface area contributed by atoms with E-state index in [0.717, 1.165) is 25.7 Å². The van der Waals surface area contributed by atoms with E-state index in [1.54, 1.807) is 6.07 Å². The average Bonchev–Trinajstić information content (AvgIpc) is 2.79. The van der Waals surface area contributed by atoms with Crippen LogP contribution in [0, 0.1) is 11.7 Å². The van der Waals surface area contributed by atoms with Crippen LogP contribution >= 0.6 is 0 Å². The number of H-pyrrole nitrogens is 1. The van der Waals surface area contributed by atoms with Crippen LogP contribution in [0.2, 0.25) is 0 Å². The monoisotopic (exact) mass is 279 g/mol. The highest BCUT2D eigenvalue weighted by molar-refractivity contribution is 5.90. The van der Waals surface area contributed by atoms with E-state index in [9.17, 15) is 4.39 Å². The van der Waals surface area contributed by atoms with Crippen molar-refractivity contribution in [3.8, 4) is 5.75 Å². The van der Waals surface area contributed by atoms with Crippen molar-refractivity contribution < 1.29 is 9.13 Å². The molecule has 0 aliphatic rings. The molecule has 0 amide bonds. The highest BCUT2D eigenvalue weighted by atomic mass is 19.1. The molecule has 110 valence electrons. The van der Waals surface area contributed by atoms with Crippen molar-refractivity contribution in [2.45, 2.75) is 39.5 Å². The maximum Gasteiger partial charge on any atom is 0.156 e. The molecular weight excluding hydrogens is 257 g/mol. The second kappa shape index (κ2) is 6.59. The van der Waals surface area contributed by atoms with E-state index in [4.69, 9.17) is 10.5 Å². The summed E-state index contributed by atoms with van der Waals surface area (Å²) in [4.78, 5) is 0. The van der Waals surface area contributed by atoms with Crippen molar-refractivity contribution >= 4 is 16.7 Å². The summed E-state index contributed by atoms with van der Waals surface area (Å²) < 4.78 is 19.7. The Balaban J connectivity index is 2.09. The lowest BCUT2D eigenvalue weighted by Crippen LogP contribution is -2.12. The first-order valence-corrected chi connectivity index (χ1v) is 7.21. The minimum absolute atomic E-state index is 0.180. The lowest BCUT2D eigenvalue weighted by molar-refractivity contribution is 0.229. The summed E-state index contributed by atoms with van der Waals surface area (Å²) in [5.41, 5.74) is 6.17. The summed E-state index contributed by atoms with van der Waals surface area (Å²) >= 11 is 0. The first-order valence-electron chi connectivity index (χ1n) is 7.21. The molecule has 4 nitrogen and oxygen atoms in total. The standard InChI is InChI=1S/C15H22FN3O/c1-3-5-10(6-4-2)9-20-11-7-12(16)14-13(8-11)18-19-15(14)17/h7-8,10H,3-6,9H2,1-2H3,(H3,17,18,19). The maximum atomic E-state index is 13.9. The number of halogens is 1. The third-order valence-electron chi connectivity index (χ3n) is 3.50. The number of hydrogen-bond donors (Lipinski definition) is 2. The van der Waals surface area contributed by atoms with E-state index >= 15 is 0 Å². The zero-order valence-corrected chi connectivity index (χ0v) is 12.1. The Morgan fingerprint density at radius 3 is 2.65 bits per heavy atom. The molecule has 0 fully saturated rings. The van der Waals surface area contributed by atoms with Crippen LogP contribution < -0.4 is 10.5 Å². The van der Waals surface area contributed by atoms with Gasteiger partial charge in [0.25, 0.3) is 0 Å². The molecule has 0 saturated heterocycles.